The summed E-state index contributed by atoms with van der Waals surface area (Å²) in [6.45, 7) is 5.19. The van der Waals surface area contributed by atoms with Crippen molar-refractivity contribution >= 4 is 10.9 Å². The van der Waals surface area contributed by atoms with Gasteiger partial charge in [-0.2, -0.15) is 0 Å². The summed E-state index contributed by atoms with van der Waals surface area (Å²) in [4.78, 5) is 6.94. The van der Waals surface area contributed by atoms with Gasteiger partial charge in [0.15, 0.2) is 0 Å². The molecule has 0 amide bonds. The molecule has 2 heterocycles. The number of aryl methyl sites for hydroxylation is 1. The van der Waals surface area contributed by atoms with Crippen molar-refractivity contribution < 1.29 is 4.74 Å². The van der Waals surface area contributed by atoms with Gasteiger partial charge in [-0.05, 0) is 63.4 Å². The van der Waals surface area contributed by atoms with E-state index >= 15 is 0 Å². The predicted molar refractivity (Wildman–Crippen MR) is 91.0 cm³/mol. The van der Waals surface area contributed by atoms with Crippen LogP contribution < -0.4 is 0 Å². The van der Waals surface area contributed by atoms with Crippen molar-refractivity contribution in [2.45, 2.75) is 45.3 Å². The van der Waals surface area contributed by atoms with Crippen LogP contribution in [-0.2, 0) is 11.3 Å². The van der Waals surface area contributed by atoms with Crippen molar-refractivity contribution in [1.29, 1.82) is 0 Å². The largest absolute Gasteiger partial charge is 0.378 e. The molecule has 1 aromatic heterocycles. The number of aromatic nitrogens is 1. The standard InChI is InChI=1S/C19H26N2O/c1-15-9-10-16(18-8-3-11-20-19(15)18)14-21(2)12-4-6-17-7-5-13-22-17/h3,8-11,17H,4-7,12-14H2,1-2H3/t17-/m1/s1. The molecule has 1 atom stereocenters. The quantitative estimate of drug-likeness (QED) is 0.808. The van der Waals surface area contributed by atoms with Crippen LogP contribution in [0.5, 0.6) is 0 Å². The van der Waals surface area contributed by atoms with Gasteiger partial charge in [0.25, 0.3) is 0 Å². The second-order valence-corrected chi connectivity index (χ2v) is 6.46. The second kappa shape index (κ2) is 7.21. The highest BCUT2D eigenvalue weighted by molar-refractivity contribution is 5.84. The van der Waals surface area contributed by atoms with Crippen LogP contribution in [0.2, 0.25) is 0 Å². The Bertz CT molecular complexity index is 620. The third kappa shape index (κ3) is 3.65. The van der Waals surface area contributed by atoms with E-state index in [1.54, 1.807) is 0 Å². The number of rotatable bonds is 6. The maximum absolute atomic E-state index is 5.70. The summed E-state index contributed by atoms with van der Waals surface area (Å²) in [7, 11) is 2.21. The number of nitrogens with zero attached hydrogens (tertiary/aromatic N) is 2. The van der Waals surface area contributed by atoms with Crippen molar-refractivity contribution in [2.24, 2.45) is 0 Å². The molecule has 0 bridgehead atoms. The van der Waals surface area contributed by atoms with Gasteiger partial charge in [0, 0.05) is 24.7 Å². The van der Waals surface area contributed by atoms with Gasteiger partial charge in [-0.3, -0.25) is 4.98 Å². The molecule has 3 rings (SSSR count). The summed E-state index contributed by atoms with van der Waals surface area (Å²) in [6.07, 6.45) is 7.28. The summed E-state index contributed by atoms with van der Waals surface area (Å²) < 4.78 is 5.70. The van der Waals surface area contributed by atoms with Gasteiger partial charge in [-0.15, -0.1) is 0 Å². The zero-order valence-corrected chi connectivity index (χ0v) is 13.7. The van der Waals surface area contributed by atoms with E-state index < -0.39 is 0 Å². The Balaban J connectivity index is 1.59. The number of hydrogen-bond acceptors (Lipinski definition) is 3. The Labute approximate surface area is 133 Å². The lowest BCUT2D eigenvalue weighted by atomic mass is 10.0. The molecule has 0 unspecified atom stereocenters. The Morgan fingerprint density at radius 1 is 1.32 bits per heavy atom. The zero-order valence-electron chi connectivity index (χ0n) is 13.7. The minimum absolute atomic E-state index is 0.512. The lowest BCUT2D eigenvalue weighted by Gasteiger charge is -2.19. The normalized spacial score (nSPS) is 18.4. The summed E-state index contributed by atoms with van der Waals surface area (Å²) in [6, 6.07) is 8.65. The zero-order chi connectivity index (χ0) is 15.4. The van der Waals surface area contributed by atoms with Gasteiger partial charge in [0.2, 0.25) is 0 Å². The molecule has 1 aromatic carbocycles. The minimum Gasteiger partial charge on any atom is -0.378 e. The number of hydrogen-bond donors (Lipinski definition) is 0. The van der Waals surface area contributed by atoms with Crippen molar-refractivity contribution in [3.8, 4) is 0 Å². The summed E-state index contributed by atoms with van der Waals surface area (Å²) >= 11 is 0. The fourth-order valence-electron chi connectivity index (χ4n) is 3.34. The molecular formula is C19H26N2O. The fraction of sp³-hybridized carbons (Fsp3) is 0.526. The number of fused-ring (bicyclic) bond motifs is 1. The van der Waals surface area contributed by atoms with Crippen molar-refractivity contribution in [3.05, 3.63) is 41.6 Å². The first-order valence-electron chi connectivity index (χ1n) is 8.37. The third-order valence-electron chi connectivity index (χ3n) is 4.59. The van der Waals surface area contributed by atoms with Gasteiger partial charge < -0.3 is 9.64 Å². The predicted octanol–water partition coefficient (Wildman–Crippen LogP) is 3.93. The Kier molecular flexibility index (Phi) is 5.06. The molecule has 118 valence electrons. The lowest BCUT2D eigenvalue weighted by molar-refractivity contribution is 0.0995. The molecule has 0 N–H and O–H groups in total. The van der Waals surface area contributed by atoms with E-state index in [4.69, 9.17) is 4.74 Å². The van der Waals surface area contributed by atoms with Gasteiger partial charge in [0.05, 0.1) is 11.6 Å². The Hall–Kier alpha value is -1.45. The van der Waals surface area contributed by atoms with Gasteiger partial charge in [-0.25, -0.2) is 0 Å². The van der Waals surface area contributed by atoms with E-state index in [-0.39, 0.29) is 0 Å². The average Bonchev–Trinajstić information content (AvgIpc) is 3.04. The maximum atomic E-state index is 5.70. The van der Waals surface area contributed by atoms with Gasteiger partial charge in [0.1, 0.15) is 0 Å². The lowest BCUT2D eigenvalue weighted by Crippen LogP contribution is -2.20. The molecule has 0 spiro atoms. The first-order chi connectivity index (χ1) is 10.7. The molecule has 0 saturated carbocycles. The SMILES string of the molecule is Cc1ccc(CN(C)CCC[C@@H]2CCCO2)c2cccnc12. The Morgan fingerprint density at radius 2 is 2.23 bits per heavy atom. The van der Waals surface area contributed by atoms with Gasteiger partial charge >= 0.3 is 0 Å². The van der Waals surface area contributed by atoms with Crippen molar-refractivity contribution in [3.63, 3.8) is 0 Å². The van der Waals surface area contributed by atoms with E-state index in [1.807, 2.05) is 12.3 Å². The number of ether oxygens (including phenoxy) is 1. The highest BCUT2D eigenvalue weighted by Crippen LogP contribution is 2.22. The van der Waals surface area contributed by atoms with Crippen LogP contribution in [0.15, 0.2) is 30.5 Å². The van der Waals surface area contributed by atoms with E-state index in [9.17, 15) is 0 Å². The average molecular weight is 298 g/mol. The molecule has 3 heteroatoms. The van der Waals surface area contributed by atoms with E-state index in [0.717, 1.165) is 25.2 Å². The number of benzene rings is 1. The first kappa shape index (κ1) is 15.4. The van der Waals surface area contributed by atoms with Crippen LogP contribution in [0, 0.1) is 6.92 Å². The van der Waals surface area contributed by atoms with Crippen LogP contribution in [-0.4, -0.2) is 36.2 Å². The molecule has 1 saturated heterocycles. The van der Waals surface area contributed by atoms with E-state index in [1.165, 1.54) is 42.2 Å². The molecule has 1 aliphatic heterocycles. The van der Waals surface area contributed by atoms with E-state index in [2.05, 4.69) is 42.1 Å². The van der Waals surface area contributed by atoms with Crippen molar-refractivity contribution in [2.75, 3.05) is 20.2 Å². The smallest absolute Gasteiger partial charge is 0.0734 e. The first-order valence-corrected chi connectivity index (χ1v) is 8.37. The molecule has 1 fully saturated rings. The Morgan fingerprint density at radius 3 is 3.05 bits per heavy atom. The molecular weight excluding hydrogens is 272 g/mol. The van der Waals surface area contributed by atoms with Gasteiger partial charge in [-0.1, -0.05) is 18.2 Å². The topological polar surface area (TPSA) is 25.4 Å². The highest BCUT2D eigenvalue weighted by Gasteiger charge is 2.15. The summed E-state index contributed by atoms with van der Waals surface area (Å²) in [5.74, 6) is 0. The van der Waals surface area contributed by atoms with Crippen LogP contribution in [0.25, 0.3) is 10.9 Å². The molecule has 0 radical (unpaired) electrons. The third-order valence-corrected chi connectivity index (χ3v) is 4.59. The van der Waals surface area contributed by atoms with Crippen molar-refractivity contribution in [1.82, 2.24) is 9.88 Å². The van der Waals surface area contributed by atoms with E-state index in [0.29, 0.717) is 6.10 Å². The molecule has 1 aliphatic rings. The maximum Gasteiger partial charge on any atom is 0.0734 e. The van der Waals surface area contributed by atoms with Crippen LogP contribution >= 0.6 is 0 Å². The fourth-order valence-corrected chi connectivity index (χ4v) is 3.34. The molecule has 3 nitrogen and oxygen atoms in total. The second-order valence-electron chi connectivity index (χ2n) is 6.46. The summed E-state index contributed by atoms with van der Waals surface area (Å²) in [5.41, 5.74) is 3.75. The molecule has 2 aromatic rings. The molecule has 0 aliphatic carbocycles. The summed E-state index contributed by atoms with van der Waals surface area (Å²) in [5, 5.41) is 1.29. The number of pyridine rings is 1. The molecule has 22 heavy (non-hydrogen) atoms. The minimum atomic E-state index is 0.512. The van der Waals surface area contributed by atoms with Crippen LogP contribution in [0.1, 0.15) is 36.8 Å². The van der Waals surface area contributed by atoms with Crippen LogP contribution in [0.3, 0.4) is 0 Å². The monoisotopic (exact) mass is 298 g/mol. The highest BCUT2D eigenvalue weighted by atomic mass is 16.5. The van der Waals surface area contributed by atoms with Crippen LogP contribution in [0.4, 0.5) is 0 Å².